The number of urea groups is 1. The molecule has 0 saturated heterocycles. The van der Waals surface area contributed by atoms with E-state index in [0.717, 1.165) is 24.0 Å². The fourth-order valence-electron chi connectivity index (χ4n) is 4.88. The van der Waals surface area contributed by atoms with Crippen molar-refractivity contribution >= 4 is 29.5 Å². The van der Waals surface area contributed by atoms with E-state index in [1.807, 2.05) is 18.2 Å². The molecule has 0 unspecified atom stereocenters. The number of nitrogens with zero attached hydrogens (tertiary/aromatic N) is 1. The first-order valence-electron chi connectivity index (χ1n) is 12.4. The number of benzene rings is 2. The van der Waals surface area contributed by atoms with Crippen molar-refractivity contribution in [1.82, 2.24) is 4.90 Å². The molecule has 0 atom stereocenters. The monoisotopic (exact) mass is 511 g/mol. The van der Waals surface area contributed by atoms with Crippen LogP contribution >= 0.6 is 0 Å². The predicted molar refractivity (Wildman–Crippen MR) is 137 cm³/mol. The lowest BCUT2D eigenvalue weighted by Gasteiger charge is -2.32. The highest BCUT2D eigenvalue weighted by molar-refractivity contribution is 6.00. The van der Waals surface area contributed by atoms with E-state index >= 15 is 0 Å². The predicted octanol–water partition coefficient (Wildman–Crippen LogP) is 4.88. The van der Waals surface area contributed by atoms with Crippen LogP contribution in [0.25, 0.3) is 0 Å². The number of nitrogens with one attached hydrogen (secondary N) is 2. The number of hydrogen-bond donors (Lipinski definition) is 3. The number of carboxylic acids is 1. The van der Waals surface area contributed by atoms with Crippen LogP contribution in [0, 0.1) is 5.92 Å². The summed E-state index contributed by atoms with van der Waals surface area (Å²) in [5.41, 5.74) is 3.27. The standard InChI is InChI=1S/C27H33N3O7/c1-35-23-13-21(14-24(15-23)36-2)29-26(33)28-20-6-5-19-16-30(10-9-18(19)12-20)27(34)37-22-7-3-17(4-8-22)11-25(31)32/h5-6,12-15,17,22H,3-4,7-11,16H2,1-2H3,(H,31,32)(H2,28,29,33)/t17-,22-. The SMILES string of the molecule is COc1cc(NC(=O)Nc2ccc3c(c2)CCN(C(=O)O[C@H]2CC[C@H](CC(=O)O)CC2)C3)cc(OC)c1. The first-order chi connectivity index (χ1) is 17.8. The smallest absolute Gasteiger partial charge is 0.410 e. The molecular formula is C27H33N3O7. The average Bonchev–Trinajstić information content (AvgIpc) is 2.88. The van der Waals surface area contributed by atoms with Gasteiger partial charge < -0.3 is 34.9 Å². The second-order valence-electron chi connectivity index (χ2n) is 9.46. The van der Waals surface area contributed by atoms with Gasteiger partial charge in [-0.25, -0.2) is 9.59 Å². The largest absolute Gasteiger partial charge is 0.497 e. The average molecular weight is 512 g/mol. The Morgan fingerprint density at radius 1 is 0.919 bits per heavy atom. The summed E-state index contributed by atoms with van der Waals surface area (Å²) < 4.78 is 16.2. The number of methoxy groups -OCH3 is 2. The maximum Gasteiger partial charge on any atom is 0.410 e. The molecule has 3 amide bonds. The molecular weight excluding hydrogens is 478 g/mol. The summed E-state index contributed by atoms with van der Waals surface area (Å²) in [6, 6.07) is 10.4. The molecule has 1 aliphatic heterocycles. The lowest BCUT2D eigenvalue weighted by Crippen LogP contribution is -2.39. The van der Waals surface area contributed by atoms with Gasteiger partial charge in [0.2, 0.25) is 0 Å². The van der Waals surface area contributed by atoms with E-state index in [4.69, 9.17) is 19.3 Å². The van der Waals surface area contributed by atoms with E-state index in [2.05, 4.69) is 10.6 Å². The van der Waals surface area contributed by atoms with Gasteiger partial charge in [-0.05, 0) is 61.3 Å². The number of carbonyl (C=O) groups is 3. The van der Waals surface area contributed by atoms with Crippen LogP contribution in [-0.4, -0.2) is 55.0 Å². The van der Waals surface area contributed by atoms with Gasteiger partial charge in [0, 0.05) is 49.1 Å². The molecule has 1 saturated carbocycles. The quantitative estimate of drug-likeness (QED) is 0.484. The fourth-order valence-corrected chi connectivity index (χ4v) is 4.88. The van der Waals surface area contributed by atoms with Crippen LogP contribution in [0.15, 0.2) is 36.4 Å². The molecule has 2 aliphatic rings. The molecule has 2 aromatic carbocycles. The Hall–Kier alpha value is -3.95. The topological polar surface area (TPSA) is 126 Å². The van der Waals surface area contributed by atoms with Crippen molar-refractivity contribution in [3.05, 3.63) is 47.5 Å². The Morgan fingerprint density at radius 2 is 1.59 bits per heavy atom. The number of anilines is 2. The molecule has 0 bridgehead atoms. The van der Waals surface area contributed by atoms with Crippen LogP contribution in [0.1, 0.15) is 43.2 Å². The fraction of sp³-hybridized carbons (Fsp3) is 0.444. The lowest BCUT2D eigenvalue weighted by molar-refractivity contribution is -0.138. The van der Waals surface area contributed by atoms with Gasteiger partial charge in [-0.2, -0.15) is 0 Å². The van der Waals surface area contributed by atoms with Crippen LogP contribution < -0.4 is 20.1 Å². The molecule has 4 rings (SSSR count). The van der Waals surface area contributed by atoms with Gasteiger partial charge in [0.25, 0.3) is 0 Å². The minimum absolute atomic E-state index is 0.159. The minimum Gasteiger partial charge on any atom is -0.497 e. The number of carboxylic acid groups (broad SMARTS) is 1. The minimum atomic E-state index is -0.774. The van der Waals surface area contributed by atoms with Crippen LogP contribution in [0.4, 0.5) is 21.0 Å². The molecule has 3 N–H and O–H groups in total. The van der Waals surface area contributed by atoms with E-state index in [1.165, 1.54) is 0 Å². The normalized spacial score (nSPS) is 18.8. The zero-order valence-corrected chi connectivity index (χ0v) is 21.1. The zero-order chi connectivity index (χ0) is 26.4. The van der Waals surface area contributed by atoms with Crippen molar-refractivity contribution in [1.29, 1.82) is 0 Å². The summed E-state index contributed by atoms with van der Waals surface area (Å²) in [4.78, 5) is 37.9. The van der Waals surface area contributed by atoms with Crippen molar-refractivity contribution in [2.24, 2.45) is 5.92 Å². The van der Waals surface area contributed by atoms with E-state index in [0.29, 0.717) is 55.2 Å². The van der Waals surface area contributed by atoms with E-state index in [9.17, 15) is 14.4 Å². The number of aliphatic carboxylic acids is 1. The van der Waals surface area contributed by atoms with E-state index < -0.39 is 12.0 Å². The lowest BCUT2D eigenvalue weighted by atomic mass is 9.85. The summed E-state index contributed by atoms with van der Waals surface area (Å²) in [5.74, 6) is 0.524. The molecule has 1 aliphatic carbocycles. The van der Waals surface area contributed by atoms with Gasteiger partial charge >= 0.3 is 18.1 Å². The van der Waals surface area contributed by atoms with Gasteiger partial charge in [-0.3, -0.25) is 4.79 Å². The third-order valence-corrected chi connectivity index (χ3v) is 6.87. The molecule has 1 fully saturated rings. The van der Waals surface area contributed by atoms with Crippen molar-refractivity contribution in [2.75, 3.05) is 31.4 Å². The van der Waals surface area contributed by atoms with E-state index in [1.54, 1.807) is 37.3 Å². The summed E-state index contributed by atoms with van der Waals surface area (Å²) in [7, 11) is 3.09. The van der Waals surface area contributed by atoms with Crippen molar-refractivity contribution in [2.45, 2.75) is 51.2 Å². The summed E-state index contributed by atoms with van der Waals surface area (Å²) in [6.07, 6.45) is 3.28. The second kappa shape index (κ2) is 11.9. The summed E-state index contributed by atoms with van der Waals surface area (Å²) in [6.45, 7) is 0.970. The number of rotatable bonds is 7. The number of carbonyl (C=O) groups excluding carboxylic acids is 2. The highest BCUT2D eigenvalue weighted by Crippen LogP contribution is 2.30. The maximum absolute atomic E-state index is 12.7. The van der Waals surface area contributed by atoms with Gasteiger partial charge in [0.15, 0.2) is 0 Å². The molecule has 2 aromatic rings. The van der Waals surface area contributed by atoms with Crippen LogP contribution in [0.5, 0.6) is 11.5 Å². The Kier molecular flexibility index (Phi) is 8.37. The number of ether oxygens (including phenoxy) is 3. The van der Waals surface area contributed by atoms with Gasteiger partial charge in [0.05, 0.1) is 14.2 Å². The highest BCUT2D eigenvalue weighted by atomic mass is 16.6. The van der Waals surface area contributed by atoms with Crippen LogP contribution in [-0.2, 0) is 22.5 Å². The molecule has 0 spiro atoms. The van der Waals surface area contributed by atoms with Gasteiger partial charge in [-0.1, -0.05) is 6.07 Å². The molecule has 37 heavy (non-hydrogen) atoms. The molecule has 0 aromatic heterocycles. The zero-order valence-electron chi connectivity index (χ0n) is 21.1. The molecule has 198 valence electrons. The summed E-state index contributed by atoms with van der Waals surface area (Å²) in [5, 5.41) is 14.6. The molecule has 10 nitrogen and oxygen atoms in total. The van der Waals surface area contributed by atoms with E-state index in [-0.39, 0.29) is 24.5 Å². The number of fused-ring (bicyclic) bond motifs is 1. The van der Waals surface area contributed by atoms with Crippen LogP contribution in [0.2, 0.25) is 0 Å². The molecule has 10 heteroatoms. The Balaban J connectivity index is 1.29. The molecule has 0 radical (unpaired) electrons. The van der Waals surface area contributed by atoms with Crippen molar-refractivity contribution < 1.29 is 33.7 Å². The summed E-state index contributed by atoms with van der Waals surface area (Å²) >= 11 is 0. The number of amides is 3. The van der Waals surface area contributed by atoms with Crippen LogP contribution in [0.3, 0.4) is 0 Å². The first kappa shape index (κ1) is 26.1. The van der Waals surface area contributed by atoms with Crippen molar-refractivity contribution in [3.63, 3.8) is 0 Å². The molecule has 1 heterocycles. The Morgan fingerprint density at radius 3 is 2.24 bits per heavy atom. The van der Waals surface area contributed by atoms with Crippen molar-refractivity contribution in [3.8, 4) is 11.5 Å². The Labute approximate surface area is 215 Å². The second-order valence-corrected chi connectivity index (χ2v) is 9.46. The van der Waals surface area contributed by atoms with Gasteiger partial charge in [0.1, 0.15) is 17.6 Å². The van der Waals surface area contributed by atoms with Gasteiger partial charge in [-0.15, -0.1) is 0 Å². The Bertz CT molecular complexity index is 1120. The first-order valence-corrected chi connectivity index (χ1v) is 12.4. The number of hydrogen-bond acceptors (Lipinski definition) is 6. The third kappa shape index (κ3) is 7.05. The maximum atomic E-state index is 12.7. The third-order valence-electron chi connectivity index (χ3n) is 6.87. The highest BCUT2D eigenvalue weighted by Gasteiger charge is 2.28.